The molecule has 1 amide bonds. The Morgan fingerprint density at radius 3 is 2.81 bits per heavy atom. The minimum Gasteiger partial charge on any atom is -0.409 e. The Labute approximate surface area is 94.0 Å². The molecule has 1 unspecified atom stereocenters. The molecule has 0 fully saturated rings. The van der Waals surface area contributed by atoms with Crippen molar-refractivity contribution < 1.29 is 10.0 Å². The normalized spacial score (nSPS) is 13.2. The summed E-state index contributed by atoms with van der Waals surface area (Å²) >= 11 is 0. The highest BCUT2D eigenvalue weighted by molar-refractivity contribution is 6.07. The van der Waals surface area contributed by atoms with Crippen molar-refractivity contribution in [3.05, 3.63) is 29.8 Å². The third kappa shape index (κ3) is 2.98. The number of anilines is 1. The third-order valence-corrected chi connectivity index (χ3v) is 2.24. The van der Waals surface area contributed by atoms with Gasteiger partial charge < -0.3 is 16.3 Å². The quantitative estimate of drug-likeness (QED) is 0.311. The van der Waals surface area contributed by atoms with Gasteiger partial charge in [0, 0.05) is 5.69 Å². The van der Waals surface area contributed by atoms with Crippen LogP contribution in [0.4, 0.5) is 5.69 Å². The molecule has 0 heterocycles. The summed E-state index contributed by atoms with van der Waals surface area (Å²) in [5, 5.41) is 13.9. The monoisotopic (exact) mass is 221 g/mol. The molecular formula is C11H15N3O2. The van der Waals surface area contributed by atoms with Gasteiger partial charge in [-0.15, -0.1) is 0 Å². The van der Waals surface area contributed by atoms with E-state index >= 15 is 0 Å². The number of carbonyl (C=O) groups excluding carboxylic acids is 1. The number of aryl methyl sites for hydroxylation is 1. The molecule has 5 heteroatoms. The van der Waals surface area contributed by atoms with Gasteiger partial charge in [-0.25, -0.2) is 0 Å². The summed E-state index contributed by atoms with van der Waals surface area (Å²) in [5.74, 6) is -1.07. The van der Waals surface area contributed by atoms with Crippen molar-refractivity contribution in [1.29, 1.82) is 0 Å². The summed E-state index contributed by atoms with van der Waals surface area (Å²) in [6.07, 6.45) is 0. The van der Waals surface area contributed by atoms with E-state index in [1.165, 1.54) is 0 Å². The molecule has 86 valence electrons. The van der Waals surface area contributed by atoms with E-state index in [1.54, 1.807) is 13.0 Å². The lowest BCUT2D eigenvalue weighted by molar-refractivity contribution is -0.117. The lowest BCUT2D eigenvalue weighted by atomic mass is 10.1. The van der Waals surface area contributed by atoms with Crippen LogP contribution >= 0.6 is 0 Å². The van der Waals surface area contributed by atoms with Crippen LogP contribution < -0.4 is 11.1 Å². The SMILES string of the molecule is Cc1cccc(NC(=O)C(C)C(N)=NO)c1. The van der Waals surface area contributed by atoms with Crippen LogP contribution in [-0.4, -0.2) is 17.0 Å². The van der Waals surface area contributed by atoms with Gasteiger partial charge in [-0.05, 0) is 31.5 Å². The molecule has 0 aliphatic carbocycles. The first kappa shape index (κ1) is 12.0. The van der Waals surface area contributed by atoms with Crippen molar-refractivity contribution in [2.45, 2.75) is 13.8 Å². The van der Waals surface area contributed by atoms with E-state index in [9.17, 15) is 4.79 Å². The average molecular weight is 221 g/mol. The minimum absolute atomic E-state index is 0.106. The molecule has 0 aliphatic rings. The predicted molar refractivity (Wildman–Crippen MR) is 62.4 cm³/mol. The number of carbonyl (C=O) groups is 1. The fourth-order valence-corrected chi connectivity index (χ4v) is 1.19. The zero-order valence-corrected chi connectivity index (χ0v) is 9.27. The maximum absolute atomic E-state index is 11.6. The van der Waals surface area contributed by atoms with Gasteiger partial charge in [0.05, 0.1) is 5.92 Å². The third-order valence-electron chi connectivity index (χ3n) is 2.24. The van der Waals surface area contributed by atoms with Crippen molar-refractivity contribution in [3.8, 4) is 0 Å². The van der Waals surface area contributed by atoms with Crippen molar-refractivity contribution >= 4 is 17.4 Å². The summed E-state index contributed by atoms with van der Waals surface area (Å²) in [6.45, 7) is 3.50. The second-order valence-electron chi connectivity index (χ2n) is 3.61. The molecule has 1 aromatic rings. The van der Waals surface area contributed by atoms with Crippen LogP contribution in [0.5, 0.6) is 0 Å². The zero-order chi connectivity index (χ0) is 12.1. The van der Waals surface area contributed by atoms with Gasteiger partial charge in [-0.2, -0.15) is 0 Å². The number of rotatable bonds is 3. The highest BCUT2D eigenvalue weighted by Crippen LogP contribution is 2.11. The van der Waals surface area contributed by atoms with E-state index < -0.39 is 5.92 Å². The first-order valence-corrected chi connectivity index (χ1v) is 4.89. The largest absolute Gasteiger partial charge is 0.409 e. The topological polar surface area (TPSA) is 87.7 Å². The van der Waals surface area contributed by atoms with Gasteiger partial charge >= 0.3 is 0 Å². The Balaban J connectivity index is 2.72. The standard InChI is InChI=1S/C11H15N3O2/c1-7-4-3-5-9(6-7)13-11(15)8(2)10(12)14-16/h3-6,8,16H,1-2H3,(H2,12,14)(H,13,15). The molecule has 5 nitrogen and oxygen atoms in total. The van der Waals surface area contributed by atoms with Gasteiger partial charge in [-0.1, -0.05) is 17.3 Å². The summed E-state index contributed by atoms with van der Waals surface area (Å²) in [5.41, 5.74) is 7.09. The van der Waals surface area contributed by atoms with Gasteiger partial charge in [0.1, 0.15) is 0 Å². The second kappa shape index (κ2) is 5.16. The number of benzene rings is 1. The maximum atomic E-state index is 11.6. The Kier molecular flexibility index (Phi) is 3.88. The first-order valence-electron chi connectivity index (χ1n) is 4.89. The van der Waals surface area contributed by atoms with Crippen LogP contribution in [0.15, 0.2) is 29.4 Å². The van der Waals surface area contributed by atoms with E-state index in [1.807, 2.05) is 25.1 Å². The molecule has 0 saturated heterocycles. The molecule has 0 spiro atoms. The number of nitrogens with zero attached hydrogens (tertiary/aromatic N) is 1. The number of amidine groups is 1. The van der Waals surface area contributed by atoms with Crippen molar-refractivity contribution in [1.82, 2.24) is 0 Å². The van der Waals surface area contributed by atoms with Crippen LogP contribution in [0.3, 0.4) is 0 Å². The lowest BCUT2D eigenvalue weighted by Crippen LogP contribution is -2.32. The summed E-state index contributed by atoms with van der Waals surface area (Å²) in [6, 6.07) is 7.41. The van der Waals surface area contributed by atoms with E-state index in [4.69, 9.17) is 10.9 Å². The van der Waals surface area contributed by atoms with E-state index in [-0.39, 0.29) is 11.7 Å². The molecule has 4 N–H and O–H groups in total. The smallest absolute Gasteiger partial charge is 0.234 e. The number of oxime groups is 1. The van der Waals surface area contributed by atoms with Gasteiger partial charge in [0.2, 0.25) is 5.91 Å². The number of nitrogens with two attached hydrogens (primary N) is 1. The van der Waals surface area contributed by atoms with Crippen molar-refractivity contribution in [2.75, 3.05) is 5.32 Å². The zero-order valence-electron chi connectivity index (χ0n) is 9.27. The fraction of sp³-hybridized carbons (Fsp3) is 0.273. The molecule has 16 heavy (non-hydrogen) atoms. The molecule has 0 aliphatic heterocycles. The second-order valence-corrected chi connectivity index (χ2v) is 3.61. The Morgan fingerprint density at radius 1 is 1.56 bits per heavy atom. The summed E-state index contributed by atoms with van der Waals surface area (Å²) in [7, 11) is 0. The Bertz CT molecular complexity index is 415. The van der Waals surface area contributed by atoms with Crippen LogP contribution in [0.1, 0.15) is 12.5 Å². The number of nitrogens with one attached hydrogen (secondary N) is 1. The highest BCUT2D eigenvalue weighted by Gasteiger charge is 2.17. The van der Waals surface area contributed by atoms with E-state index in [2.05, 4.69) is 10.5 Å². The molecule has 1 aromatic carbocycles. The van der Waals surface area contributed by atoms with Crippen LogP contribution in [-0.2, 0) is 4.79 Å². The predicted octanol–water partition coefficient (Wildman–Crippen LogP) is 1.32. The van der Waals surface area contributed by atoms with Crippen LogP contribution in [0.25, 0.3) is 0 Å². The van der Waals surface area contributed by atoms with Crippen LogP contribution in [0, 0.1) is 12.8 Å². The van der Waals surface area contributed by atoms with Gasteiger partial charge in [0.15, 0.2) is 5.84 Å². The Hall–Kier alpha value is -2.04. The molecule has 0 saturated carbocycles. The lowest BCUT2D eigenvalue weighted by Gasteiger charge is -2.10. The van der Waals surface area contributed by atoms with Gasteiger partial charge in [0.25, 0.3) is 0 Å². The molecule has 0 aromatic heterocycles. The van der Waals surface area contributed by atoms with Crippen molar-refractivity contribution in [3.63, 3.8) is 0 Å². The van der Waals surface area contributed by atoms with E-state index in [0.717, 1.165) is 5.56 Å². The fourth-order valence-electron chi connectivity index (χ4n) is 1.19. The molecule has 0 radical (unpaired) electrons. The molecule has 0 bridgehead atoms. The minimum atomic E-state index is -0.662. The van der Waals surface area contributed by atoms with Gasteiger partial charge in [-0.3, -0.25) is 4.79 Å². The number of amides is 1. The highest BCUT2D eigenvalue weighted by atomic mass is 16.4. The number of hydrogen-bond donors (Lipinski definition) is 3. The summed E-state index contributed by atoms with van der Waals surface area (Å²) < 4.78 is 0. The van der Waals surface area contributed by atoms with Crippen molar-refractivity contribution in [2.24, 2.45) is 16.8 Å². The molecular weight excluding hydrogens is 206 g/mol. The average Bonchev–Trinajstić information content (AvgIpc) is 2.27. The molecule has 1 atom stereocenters. The number of hydrogen-bond acceptors (Lipinski definition) is 3. The molecule has 1 rings (SSSR count). The Morgan fingerprint density at radius 2 is 2.25 bits per heavy atom. The maximum Gasteiger partial charge on any atom is 0.234 e. The van der Waals surface area contributed by atoms with Crippen LogP contribution in [0.2, 0.25) is 0 Å². The first-order chi connectivity index (χ1) is 7.54. The summed E-state index contributed by atoms with van der Waals surface area (Å²) in [4.78, 5) is 11.6. The van der Waals surface area contributed by atoms with E-state index in [0.29, 0.717) is 5.69 Å².